The number of thiazole rings is 1. The summed E-state index contributed by atoms with van der Waals surface area (Å²) in [6, 6.07) is 0. The number of nitrogens with zero attached hydrogens (tertiary/aromatic N) is 2. The van der Waals surface area contributed by atoms with E-state index in [4.69, 9.17) is 0 Å². The molecule has 0 fully saturated rings. The van der Waals surface area contributed by atoms with E-state index in [1.54, 1.807) is 11.3 Å². The Morgan fingerprint density at radius 1 is 1.53 bits per heavy atom. The highest BCUT2D eigenvalue weighted by molar-refractivity contribution is 7.13. The number of hydrogen-bond donors (Lipinski definition) is 1. The maximum Gasteiger partial charge on any atom is 0.185 e. The Morgan fingerprint density at radius 3 is 2.87 bits per heavy atom. The zero-order valence-electron chi connectivity index (χ0n) is 10.1. The minimum Gasteiger partial charge on any atom is -0.351 e. The Labute approximate surface area is 96.5 Å². The quantitative estimate of drug-likeness (QED) is 0.808. The molecule has 0 aliphatic heterocycles. The van der Waals surface area contributed by atoms with Gasteiger partial charge in [0.1, 0.15) is 0 Å². The Bertz CT molecular complexity index is 283. The minimum absolute atomic E-state index is 0.677. The lowest BCUT2D eigenvalue weighted by molar-refractivity contribution is 0.636. The molecule has 0 aliphatic rings. The third-order valence-electron chi connectivity index (χ3n) is 2.06. The summed E-state index contributed by atoms with van der Waals surface area (Å²) in [4.78, 5) is 6.81. The highest BCUT2D eigenvalue weighted by Gasteiger charge is 2.07. The van der Waals surface area contributed by atoms with Crippen molar-refractivity contribution in [3.8, 4) is 0 Å². The summed E-state index contributed by atoms with van der Waals surface area (Å²) in [5.74, 6) is 0.677. The first-order chi connectivity index (χ1) is 7.13. The van der Waals surface area contributed by atoms with Crippen LogP contribution in [0.1, 0.15) is 26.5 Å². The van der Waals surface area contributed by atoms with E-state index in [-0.39, 0.29) is 0 Å². The lowest BCUT2D eigenvalue weighted by atomic mass is 10.2. The fourth-order valence-electron chi connectivity index (χ4n) is 1.43. The molecule has 0 bridgehead atoms. The van der Waals surface area contributed by atoms with Gasteiger partial charge in [0.05, 0.1) is 5.69 Å². The zero-order valence-corrected chi connectivity index (χ0v) is 10.9. The number of rotatable bonds is 6. The molecular weight excluding hydrogens is 206 g/mol. The van der Waals surface area contributed by atoms with Gasteiger partial charge in [0.25, 0.3) is 0 Å². The van der Waals surface area contributed by atoms with E-state index in [9.17, 15) is 0 Å². The molecule has 0 amide bonds. The van der Waals surface area contributed by atoms with Gasteiger partial charge in [0.15, 0.2) is 5.13 Å². The molecule has 86 valence electrons. The van der Waals surface area contributed by atoms with Crippen LogP contribution in [-0.2, 0) is 6.54 Å². The van der Waals surface area contributed by atoms with E-state index in [1.807, 2.05) is 0 Å². The van der Waals surface area contributed by atoms with E-state index in [1.165, 1.54) is 0 Å². The predicted octanol–water partition coefficient (Wildman–Crippen LogP) is 2.34. The molecule has 1 N–H and O–H groups in total. The summed E-state index contributed by atoms with van der Waals surface area (Å²) in [5, 5.41) is 6.54. The Kier molecular flexibility index (Phi) is 5.05. The first-order valence-electron chi connectivity index (χ1n) is 5.49. The van der Waals surface area contributed by atoms with Gasteiger partial charge in [-0.15, -0.1) is 11.3 Å². The van der Waals surface area contributed by atoms with Crippen LogP contribution in [0.15, 0.2) is 5.38 Å². The molecule has 0 saturated carbocycles. The zero-order chi connectivity index (χ0) is 11.3. The van der Waals surface area contributed by atoms with Crippen molar-refractivity contribution < 1.29 is 0 Å². The molecule has 1 rings (SSSR count). The van der Waals surface area contributed by atoms with E-state index >= 15 is 0 Å². The van der Waals surface area contributed by atoms with Gasteiger partial charge in [-0.3, -0.25) is 0 Å². The molecule has 1 aromatic rings. The Morgan fingerprint density at radius 2 is 2.27 bits per heavy atom. The third kappa shape index (κ3) is 4.18. The van der Waals surface area contributed by atoms with Crippen molar-refractivity contribution in [3.05, 3.63) is 11.1 Å². The smallest absolute Gasteiger partial charge is 0.185 e. The van der Waals surface area contributed by atoms with Crippen molar-refractivity contribution in [1.82, 2.24) is 10.3 Å². The third-order valence-corrected chi connectivity index (χ3v) is 3.07. The molecule has 0 unspecified atom stereocenters. The van der Waals surface area contributed by atoms with Gasteiger partial charge in [-0.1, -0.05) is 20.8 Å². The molecule has 1 aromatic heterocycles. The van der Waals surface area contributed by atoms with Gasteiger partial charge in [-0.05, 0) is 12.5 Å². The summed E-state index contributed by atoms with van der Waals surface area (Å²) in [7, 11) is 2.11. The van der Waals surface area contributed by atoms with Crippen LogP contribution in [0, 0.1) is 5.92 Å². The fraction of sp³-hybridized carbons (Fsp3) is 0.727. The maximum absolute atomic E-state index is 4.58. The van der Waals surface area contributed by atoms with Crippen LogP contribution < -0.4 is 10.2 Å². The maximum atomic E-state index is 4.58. The summed E-state index contributed by atoms with van der Waals surface area (Å²) >= 11 is 1.72. The van der Waals surface area contributed by atoms with Gasteiger partial charge >= 0.3 is 0 Å². The first-order valence-corrected chi connectivity index (χ1v) is 6.37. The van der Waals surface area contributed by atoms with Crippen LogP contribution in [0.5, 0.6) is 0 Å². The average molecular weight is 227 g/mol. The summed E-state index contributed by atoms with van der Waals surface area (Å²) < 4.78 is 0. The van der Waals surface area contributed by atoms with Gasteiger partial charge in [-0.25, -0.2) is 4.98 Å². The molecule has 0 aromatic carbocycles. The van der Waals surface area contributed by atoms with Crippen molar-refractivity contribution in [2.75, 3.05) is 25.0 Å². The van der Waals surface area contributed by atoms with Crippen molar-refractivity contribution >= 4 is 16.5 Å². The Hall–Kier alpha value is -0.610. The fourth-order valence-corrected chi connectivity index (χ4v) is 2.23. The number of hydrogen-bond acceptors (Lipinski definition) is 4. The van der Waals surface area contributed by atoms with Crippen molar-refractivity contribution in [2.45, 2.75) is 27.3 Å². The van der Waals surface area contributed by atoms with E-state index in [2.05, 4.69) is 48.4 Å². The monoisotopic (exact) mass is 227 g/mol. The molecule has 0 aliphatic carbocycles. The van der Waals surface area contributed by atoms with Gasteiger partial charge in [0, 0.05) is 25.5 Å². The highest BCUT2D eigenvalue weighted by Crippen LogP contribution is 2.19. The standard InChI is InChI=1S/C11H21N3S/c1-5-12-6-10-8-15-11(13-10)14(4)7-9(2)3/h8-9,12H,5-7H2,1-4H3. The molecule has 15 heavy (non-hydrogen) atoms. The lowest BCUT2D eigenvalue weighted by Crippen LogP contribution is -2.22. The van der Waals surface area contributed by atoms with Crippen LogP contribution in [0.2, 0.25) is 0 Å². The lowest BCUT2D eigenvalue weighted by Gasteiger charge is -2.17. The second-order valence-electron chi connectivity index (χ2n) is 4.18. The summed E-state index contributed by atoms with van der Waals surface area (Å²) in [6.07, 6.45) is 0. The molecule has 3 nitrogen and oxygen atoms in total. The first kappa shape index (κ1) is 12.5. The van der Waals surface area contributed by atoms with Gasteiger partial charge in [-0.2, -0.15) is 0 Å². The van der Waals surface area contributed by atoms with E-state index in [0.717, 1.165) is 30.5 Å². The normalized spacial score (nSPS) is 11.0. The topological polar surface area (TPSA) is 28.2 Å². The molecule has 0 spiro atoms. The van der Waals surface area contributed by atoms with Crippen molar-refractivity contribution in [3.63, 3.8) is 0 Å². The van der Waals surface area contributed by atoms with Crippen LogP contribution in [0.4, 0.5) is 5.13 Å². The number of anilines is 1. The second kappa shape index (κ2) is 6.08. The van der Waals surface area contributed by atoms with Crippen molar-refractivity contribution in [1.29, 1.82) is 0 Å². The van der Waals surface area contributed by atoms with Crippen LogP contribution in [0.3, 0.4) is 0 Å². The van der Waals surface area contributed by atoms with Crippen LogP contribution in [-0.4, -0.2) is 25.1 Å². The number of nitrogens with one attached hydrogen (secondary N) is 1. The molecule has 4 heteroatoms. The van der Waals surface area contributed by atoms with E-state index < -0.39 is 0 Å². The largest absolute Gasteiger partial charge is 0.351 e. The number of aromatic nitrogens is 1. The molecule has 0 saturated heterocycles. The van der Waals surface area contributed by atoms with Gasteiger partial charge < -0.3 is 10.2 Å². The SMILES string of the molecule is CCNCc1csc(N(C)CC(C)C)n1. The Balaban J connectivity index is 2.51. The minimum atomic E-state index is 0.677. The van der Waals surface area contributed by atoms with Crippen LogP contribution in [0.25, 0.3) is 0 Å². The molecule has 0 radical (unpaired) electrons. The predicted molar refractivity (Wildman–Crippen MR) is 67.6 cm³/mol. The average Bonchev–Trinajstić information content (AvgIpc) is 2.62. The van der Waals surface area contributed by atoms with Gasteiger partial charge in [0.2, 0.25) is 0 Å². The second-order valence-corrected chi connectivity index (χ2v) is 5.01. The highest BCUT2D eigenvalue weighted by atomic mass is 32.1. The van der Waals surface area contributed by atoms with E-state index in [0.29, 0.717) is 5.92 Å². The molecule has 0 atom stereocenters. The van der Waals surface area contributed by atoms with Crippen LogP contribution >= 0.6 is 11.3 Å². The summed E-state index contributed by atoms with van der Waals surface area (Å²) in [5.41, 5.74) is 1.15. The molecule has 1 heterocycles. The van der Waals surface area contributed by atoms with Crippen molar-refractivity contribution in [2.24, 2.45) is 5.92 Å². The molecular formula is C11H21N3S. The summed E-state index contributed by atoms with van der Waals surface area (Å²) in [6.45, 7) is 9.50.